The van der Waals surface area contributed by atoms with Gasteiger partial charge in [-0.25, -0.2) is 0 Å². The lowest BCUT2D eigenvalue weighted by Gasteiger charge is -2.19. The fourth-order valence-corrected chi connectivity index (χ4v) is 3.35. The van der Waals surface area contributed by atoms with Gasteiger partial charge in [0.15, 0.2) is 0 Å². The van der Waals surface area contributed by atoms with Crippen molar-refractivity contribution >= 4 is 0 Å². The molecular weight excluding hydrogens is 258 g/mol. The number of hydrogen-bond donors (Lipinski definition) is 1. The first-order valence-electron chi connectivity index (χ1n) is 9.16. The van der Waals surface area contributed by atoms with Crippen molar-refractivity contribution < 1.29 is 0 Å². The van der Waals surface area contributed by atoms with Gasteiger partial charge in [0, 0.05) is 25.0 Å². The third-order valence-electron chi connectivity index (χ3n) is 4.66. The van der Waals surface area contributed by atoms with E-state index >= 15 is 0 Å². The van der Waals surface area contributed by atoms with E-state index in [0.717, 1.165) is 19.1 Å². The molecule has 0 radical (unpaired) electrons. The van der Waals surface area contributed by atoms with Crippen molar-refractivity contribution in [3.8, 4) is 0 Å². The standard InChI is InChI=1S/C18H33N3/c1-2-4-6-8-12-18(13-9-7-5-3-1)19-14-10-16-21-17-11-15-20-21/h11,15,17-19H,1-10,12-14,16H2. The Bertz CT molecular complexity index is 322. The maximum absolute atomic E-state index is 4.26. The van der Waals surface area contributed by atoms with Crippen LogP contribution in [0.1, 0.15) is 77.0 Å². The van der Waals surface area contributed by atoms with Crippen LogP contribution in [0.4, 0.5) is 0 Å². The Labute approximate surface area is 130 Å². The smallest absolute Gasteiger partial charge is 0.0489 e. The van der Waals surface area contributed by atoms with Crippen LogP contribution in [0.25, 0.3) is 0 Å². The molecule has 0 aliphatic heterocycles. The second kappa shape index (κ2) is 10.8. The molecule has 120 valence electrons. The van der Waals surface area contributed by atoms with Gasteiger partial charge in [0.05, 0.1) is 0 Å². The summed E-state index contributed by atoms with van der Waals surface area (Å²) in [6.07, 6.45) is 20.8. The molecule has 1 fully saturated rings. The first kappa shape index (κ1) is 16.5. The highest BCUT2D eigenvalue weighted by atomic mass is 15.3. The normalized spacial score (nSPS) is 19.8. The zero-order valence-corrected chi connectivity index (χ0v) is 13.6. The number of aryl methyl sites for hydroxylation is 1. The van der Waals surface area contributed by atoms with Crippen LogP contribution in [-0.4, -0.2) is 22.4 Å². The van der Waals surface area contributed by atoms with Crippen LogP contribution in [0, 0.1) is 0 Å². The molecule has 1 N–H and O–H groups in total. The van der Waals surface area contributed by atoms with Gasteiger partial charge in [-0.2, -0.15) is 5.10 Å². The van der Waals surface area contributed by atoms with E-state index < -0.39 is 0 Å². The summed E-state index contributed by atoms with van der Waals surface area (Å²) in [6, 6.07) is 2.75. The Morgan fingerprint density at radius 3 is 2.10 bits per heavy atom. The topological polar surface area (TPSA) is 29.9 Å². The molecule has 0 atom stereocenters. The molecule has 0 saturated heterocycles. The highest BCUT2D eigenvalue weighted by molar-refractivity contribution is 4.77. The van der Waals surface area contributed by atoms with Crippen molar-refractivity contribution in [1.82, 2.24) is 15.1 Å². The molecule has 21 heavy (non-hydrogen) atoms. The third-order valence-corrected chi connectivity index (χ3v) is 4.66. The minimum Gasteiger partial charge on any atom is -0.314 e. The van der Waals surface area contributed by atoms with Gasteiger partial charge in [-0.1, -0.05) is 57.8 Å². The van der Waals surface area contributed by atoms with Crippen LogP contribution in [0.2, 0.25) is 0 Å². The largest absolute Gasteiger partial charge is 0.314 e. The molecule has 1 saturated carbocycles. The quantitative estimate of drug-likeness (QED) is 0.807. The molecule has 2 rings (SSSR count). The molecule has 0 aromatic carbocycles. The molecule has 1 aliphatic carbocycles. The molecule has 3 heteroatoms. The number of rotatable bonds is 5. The van der Waals surface area contributed by atoms with Gasteiger partial charge in [-0.3, -0.25) is 4.68 Å². The van der Waals surface area contributed by atoms with Crippen molar-refractivity contribution in [3.05, 3.63) is 18.5 Å². The fraction of sp³-hybridized carbons (Fsp3) is 0.833. The van der Waals surface area contributed by atoms with E-state index in [1.54, 1.807) is 0 Å². The Morgan fingerprint density at radius 2 is 1.52 bits per heavy atom. The second-order valence-electron chi connectivity index (χ2n) is 6.53. The van der Waals surface area contributed by atoms with Gasteiger partial charge in [0.2, 0.25) is 0 Å². The van der Waals surface area contributed by atoms with Crippen LogP contribution < -0.4 is 5.32 Å². The predicted octanol–water partition coefficient (Wildman–Crippen LogP) is 4.54. The van der Waals surface area contributed by atoms with E-state index in [-0.39, 0.29) is 0 Å². The Balaban J connectivity index is 1.60. The molecule has 0 spiro atoms. The summed E-state index contributed by atoms with van der Waals surface area (Å²) in [7, 11) is 0. The Hall–Kier alpha value is -0.830. The lowest BCUT2D eigenvalue weighted by molar-refractivity contribution is 0.395. The van der Waals surface area contributed by atoms with Gasteiger partial charge in [-0.15, -0.1) is 0 Å². The van der Waals surface area contributed by atoms with E-state index in [0.29, 0.717) is 0 Å². The average Bonchev–Trinajstić information content (AvgIpc) is 2.99. The lowest BCUT2D eigenvalue weighted by atomic mass is 9.98. The van der Waals surface area contributed by atoms with Crippen molar-refractivity contribution in [1.29, 1.82) is 0 Å². The molecule has 0 amide bonds. The maximum Gasteiger partial charge on any atom is 0.0489 e. The number of hydrogen-bond acceptors (Lipinski definition) is 2. The summed E-state index contributed by atoms with van der Waals surface area (Å²) >= 11 is 0. The van der Waals surface area contributed by atoms with E-state index in [4.69, 9.17) is 0 Å². The van der Waals surface area contributed by atoms with Crippen molar-refractivity contribution in [2.24, 2.45) is 0 Å². The molecule has 1 aromatic rings. The van der Waals surface area contributed by atoms with Crippen LogP contribution in [-0.2, 0) is 6.54 Å². The van der Waals surface area contributed by atoms with Gasteiger partial charge in [-0.05, 0) is 31.9 Å². The predicted molar refractivity (Wildman–Crippen MR) is 89.4 cm³/mol. The van der Waals surface area contributed by atoms with Crippen LogP contribution in [0.15, 0.2) is 18.5 Å². The third kappa shape index (κ3) is 7.66. The minimum absolute atomic E-state index is 0.752. The SMILES string of the molecule is c1cnn(CCCNC2CCCCCCCCCCC2)c1. The summed E-state index contributed by atoms with van der Waals surface area (Å²) in [5.41, 5.74) is 0. The monoisotopic (exact) mass is 291 g/mol. The summed E-state index contributed by atoms with van der Waals surface area (Å²) in [5.74, 6) is 0. The van der Waals surface area contributed by atoms with E-state index in [1.165, 1.54) is 77.0 Å². The number of nitrogens with one attached hydrogen (secondary N) is 1. The van der Waals surface area contributed by atoms with E-state index in [9.17, 15) is 0 Å². The molecular formula is C18H33N3. The Kier molecular flexibility index (Phi) is 8.53. The summed E-state index contributed by atoms with van der Waals surface area (Å²) in [6.45, 7) is 2.16. The van der Waals surface area contributed by atoms with Crippen LogP contribution in [0.5, 0.6) is 0 Å². The van der Waals surface area contributed by atoms with Gasteiger partial charge >= 0.3 is 0 Å². The first-order chi connectivity index (χ1) is 10.4. The van der Waals surface area contributed by atoms with Crippen molar-refractivity contribution in [3.63, 3.8) is 0 Å². The van der Waals surface area contributed by atoms with E-state index in [1.807, 2.05) is 16.9 Å². The van der Waals surface area contributed by atoms with Crippen molar-refractivity contribution in [2.45, 2.75) is 89.6 Å². The zero-order valence-electron chi connectivity index (χ0n) is 13.6. The second-order valence-corrected chi connectivity index (χ2v) is 6.53. The number of aromatic nitrogens is 2. The minimum atomic E-state index is 0.752. The molecule has 3 nitrogen and oxygen atoms in total. The highest BCUT2D eigenvalue weighted by Crippen LogP contribution is 2.16. The molecule has 0 unspecified atom stereocenters. The molecule has 0 bridgehead atoms. The van der Waals surface area contributed by atoms with Gasteiger partial charge < -0.3 is 5.32 Å². The summed E-state index contributed by atoms with van der Waals surface area (Å²) in [4.78, 5) is 0. The van der Waals surface area contributed by atoms with Crippen LogP contribution in [0.3, 0.4) is 0 Å². The van der Waals surface area contributed by atoms with Gasteiger partial charge in [0.25, 0.3) is 0 Å². The molecule has 1 aromatic heterocycles. The lowest BCUT2D eigenvalue weighted by Crippen LogP contribution is -2.30. The molecule has 1 aliphatic rings. The van der Waals surface area contributed by atoms with Crippen molar-refractivity contribution in [2.75, 3.05) is 6.54 Å². The van der Waals surface area contributed by atoms with Crippen LogP contribution >= 0.6 is 0 Å². The maximum atomic E-state index is 4.26. The average molecular weight is 291 g/mol. The summed E-state index contributed by atoms with van der Waals surface area (Å²) in [5, 5.41) is 8.05. The molecule has 1 heterocycles. The highest BCUT2D eigenvalue weighted by Gasteiger charge is 2.08. The van der Waals surface area contributed by atoms with Gasteiger partial charge in [0.1, 0.15) is 0 Å². The van der Waals surface area contributed by atoms with E-state index in [2.05, 4.69) is 16.6 Å². The zero-order chi connectivity index (χ0) is 14.6. The number of nitrogens with zero attached hydrogens (tertiary/aromatic N) is 2. The fourth-order valence-electron chi connectivity index (χ4n) is 3.35. The summed E-state index contributed by atoms with van der Waals surface area (Å²) < 4.78 is 2.03. The Morgan fingerprint density at radius 1 is 0.905 bits per heavy atom. The first-order valence-corrected chi connectivity index (χ1v) is 9.16.